The summed E-state index contributed by atoms with van der Waals surface area (Å²) in [7, 11) is 0. The van der Waals surface area contributed by atoms with Gasteiger partial charge in [-0.1, -0.05) is 12.2 Å². The summed E-state index contributed by atoms with van der Waals surface area (Å²) in [5, 5.41) is 8.61. The van der Waals surface area contributed by atoms with E-state index in [0.717, 1.165) is 12.0 Å². The molecule has 0 N–H and O–H groups in total. The van der Waals surface area contributed by atoms with E-state index in [4.69, 9.17) is 5.39 Å². The van der Waals surface area contributed by atoms with Gasteiger partial charge in [0.05, 0.1) is 6.42 Å². The fourth-order valence-corrected chi connectivity index (χ4v) is 1.15. The molecule has 0 radical (unpaired) electrons. The molecule has 0 spiro atoms. The minimum atomic E-state index is -0.376. The summed E-state index contributed by atoms with van der Waals surface area (Å²) in [6, 6.07) is 0. The third kappa shape index (κ3) is 1.24. The summed E-state index contributed by atoms with van der Waals surface area (Å²) in [5.74, 6) is 0. The van der Waals surface area contributed by atoms with Gasteiger partial charge in [-0.2, -0.15) is 0 Å². The molecule has 0 aromatic rings. The van der Waals surface area contributed by atoms with Gasteiger partial charge < -0.3 is 0 Å². The minimum Gasteiger partial charge on any atom is -0.0756 e. The molecule has 1 aliphatic carbocycles. The van der Waals surface area contributed by atoms with Crippen LogP contribution in [-0.4, -0.2) is 5.54 Å². The standard InChI is InChI=1S/C8H11N2/c1-7-4-3-5-8(2,6-7)10-9/h3-4,6H,5H2,1-2H3/q+1. The van der Waals surface area contributed by atoms with E-state index in [1.54, 1.807) is 0 Å². The van der Waals surface area contributed by atoms with Crippen LogP contribution in [0.1, 0.15) is 20.3 Å². The fraction of sp³-hybridized carbons (Fsp3) is 0.500. The lowest BCUT2D eigenvalue weighted by Gasteiger charge is -2.07. The van der Waals surface area contributed by atoms with Gasteiger partial charge in [0.25, 0.3) is 0 Å². The first-order valence-corrected chi connectivity index (χ1v) is 3.38. The van der Waals surface area contributed by atoms with E-state index in [0.29, 0.717) is 0 Å². The molecular formula is C8H11N2+. The van der Waals surface area contributed by atoms with Gasteiger partial charge in [-0.3, -0.25) is 0 Å². The van der Waals surface area contributed by atoms with Crippen LogP contribution < -0.4 is 0 Å². The average molecular weight is 135 g/mol. The first-order chi connectivity index (χ1) is 4.66. The molecule has 0 aliphatic heterocycles. The fourth-order valence-electron chi connectivity index (χ4n) is 1.15. The van der Waals surface area contributed by atoms with Crippen LogP contribution in [0.2, 0.25) is 0 Å². The Labute approximate surface area is 60.9 Å². The van der Waals surface area contributed by atoms with Gasteiger partial charge in [-0.25, -0.2) is 0 Å². The zero-order chi connectivity index (χ0) is 7.61. The molecule has 0 aromatic heterocycles. The largest absolute Gasteiger partial charge is 0.342 e. The number of allylic oxidation sites excluding steroid dienone is 2. The van der Waals surface area contributed by atoms with Gasteiger partial charge in [0.15, 0.2) is 0 Å². The topological polar surface area (TPSA) is 28.1 Å². The SMILES string of the molecule is CC1=CC(C)([N+]#N)CC=C1. The van der Waals surface area contributed by atoms with Crippen LogP contribution in [0, 0.1) is 5.39 Å². The van der Waals surface area contributed by atoms with E-state index in [1.807, 2.05) is 32.1 Å². The van der Waals surface area contributed by atoms with E-state index < -0.39 is 0 Å². The molecule has 0 saturated carbocycles. The van der Waals surface area contributed by atoms with Crippen molar-refractivity contribution >= 4 is 0 Å². The maximum absolute atomic E-state index is 8.61. The Kier molecular flexibility index (Phi) is 1.58. The first kappa shape index (κ1) is 7.01. The zero-order valence-corrected chi connectivity index (χ0v) is 6.33. The highest BCUT2D eigenvalue weighted by atomic mass is 14.9. The quantitative estimate of drug-likeness (QED) is 0.469. The Morgan fingerprint density at radius 1 is 1.70 bits per heavy atom. The van der Waals surface area contributed by atoms with Crippen LogP contribution in [0.4, 0.5) is 0 Å². The van der Waals surface area contributed by atoms with Crippen LogP contribution in [0.3, 0.4) is 0 Å². The van der Waals surface area contributed by atoms with Crippen LogP contribution in [0.5, 0.6) is 0 Å². The summed E-state index contributed by atoms with van der Waals surface area (Å²) in [6.45, 7) is 3.90. The Balaban J connectivity index is 2.89. The molecule has 1 rings (SSSR count). The summed E-state index contributed by atoms with van der Waals surface area (Å²) >= 11 is 0. The second kappa shape index (κ2) is 2.26. The second-order valence-corrected chi connectivity index (χ2v) is 2.95. The number of hydrogen-bond acceptors (Lipinski definition) is 1. The molecule has 2 heteroatoms. The van der Waals surface area contributed by atoms with Crippen LogP contribution in [0.15, 0.2) is 23.8 Å². The van der Waals surface area contributed by atoms with Gasteiger partial charge in [0, 0.05) is 13.0 Å². The van der Waals surface area contributed by atoms with Crippen molar-refractivity contribution in [2.45, 2.75) is 25.8 Å². The molecule has 1 atom stereocenters. The second-order valence-electron chi connectivity index (χ2n) is 2.95. The first-order valence-electron chi connectivity index (χ1n) is 3.38. The predicted octanol–water partition coefficient (Wildman–Crippen LogP) is 2.50. The smallest absolute Gasteiger partial charge is 0.0756 e. The van der Waals surface area contributed by atoms with Crippen molar-refractivity contribution in [1.29, 1.82) is 5.39 Å². The lowest BCUT2D eigenvalue weighted by atomic mass is 9.92. The van der Waals surface area contributed by atoms with Gasteiger partial charge in [-0.05, 0) is 12.5 Å². The van der Waals surface area contributed by atoms with Gasteiger partial charge in [0.1, 0.15) is 4.98 Å². The lowest BCUT2D eigenvalue weighted by molar-refractivity contribution is 0.671. The molecule has 0 heterocycles. The molecule has 0 saturated heterocycles. The summed E-state index contributed by atoms with van der Waals surface area (Å²) in [4.78, 5) is 3.30. The number of diazo groups is 1. The van der Waals surface area contributed by atoms with Gasteiger partial charge in [0.2, 0.25) is 5.39 Å². The van der Waals surface area contributed by atoms with Crippen LogP contribution in [0.25, 0.3) is 4.98 Å². The highest BCUT2D eigenvalue weighted by molar-refractivity contribution is 5.30. The van der Waals surface area contributed by atoms with Gasteiger partial charge >= 0.3 is 5.54 Å². The molecule has 2 nitrogen and oxygen atoms in total. The molecule has 1 unspecified atom stereocenters. The lowest BCUT2D eigenvalue weighted by Crippen LogP contribution is -2.17. The predicted molar refractivity (Wildman–Crippen MR) is 41.0 cm³/mol. The summed E-state index contributed by atoms with van der Waals surface area (Å²) in [5.41, 5.74) is 0.783. The molecular weight excluding hydrogens is 124 g/mol. The highest BCUT2D eigenvalue weighted by Crippen LogP contribution is 2.24. The molecule has 1 aliphatic rings. The van der Waals surface area contributed by atoms with Crippen LogP contribution >= 0.6 is 0 Å². The van der Waals surface area contributed by atoms with E-state index in [9.17, 15) is 0 Å². The number of hydrogen-bond donors (Lipinski definition) is 0. The molecule has 0 bridgehead atoms. The maximum Gasteiger partial charge on any atom is 0.342 e. The van der Waals surface area contributed by atoms with Crippen molar-refractivity contribution in [3.8, 4) is 0 Å². The molecule has 0 aromatic carbocycles. The third-order valence-electron chi connectivity index (χ3n) is 1.68. The van der Waals surface area contributed by atoms with Crippen molar-refractivity contribution in [2.75, 3.05) is 0 Å². The summed E-state index contributed by atoms with van der Waals surface area (Å²) < 4.78 is 0. The molecule has 52 valence electrons. The Bertz CT molecular complexity index is 232. The maximum atomic E-state index is 8.61. The minimum absolute atomic E-state index is 0.376. The normalized spacial score (nSPS) is 31.1. The van der Waals surface area contributed by atoms with Crippen molar-refractivity contribution in [3.63, 3.8) is 0 Å². The monoisotopic (exact) mass is 135 g/mol. The van der Waals surface area contributed by atoms with Crippen molar-refractivity contribution in [2.24, 2.45) is 0 Å². The Morgan fingerprint density at radius 3 is 2.80 bits per heavy atom. The Morgan fingerprint density at radius 2 is 2.40 bits per heavy atom. The molecule has 0 amide bonds. The third-order valence-corrected chi connectivity index (χ3v) is 1.68. The van der Waals surface area contributed by atoms with E-state index in [-0.39, 0.29) is 5.54 Å². The van der Waals surface area contributed by atoms with Gasteiger partial charge in [-0.15, -0.1) is 0 Å². The van der Waals surface area contributed by atoms with E-state index >= 15 is 0 Å². The summed E-state index contributed by atoms with van der Waals surface area (Å²) in [6.07, 6.45) is 6.82. The average Bonchev–Trinajstić information content (AvgIpc) is 1.88. The van der Waals surface area contributed by atoms with Crippen molar-refractivity contribution in [1.82, 2.24) is 0 Å². The Hall–Kier alpha value is -1.10. The van der Waals surface area contributed by atoms with E-state index in [1.165, 1.54) is 0 Å². The zero-order valence-electron chi connectivity index (χ0n) is 6.33. The van der Waals surface area contributed by atoms with E-state index in [2.05, 4.69) is 4.98 Å². The van der Waals surface area contributed by atoms with Crippen molar-refractivity contribution < 1.29 is 0 Å². The van der Waals surface area contributed by atoms with Crippen LogP contribution in [-0.2, 0) is 0 Å². The number of nitrogens with zero attached hydrogens (tertiary/aromatic N) is 2. The molecule has 0 fully saturated rings. The van der Waals surface area contributed by atoms with Crippen molar-refractivity contribution in [3.05, 3.63) is 28.8 Å². The number of rotatable bonds is 0. The highest BCUT2D eigenvalue weighted by Gasteiger charge is 2.35. The molecule has 10 heavy (non-hydrogen) atoms.